The summed E-state index contributed by atoms with van der Waals surface area (Å²) in [5.41, 5.74) is 15.5. The molecule has 0 bridgehead atoms. The third kappa shape index (κ3) is 14.5. The van der Waals surface area contributed by atoms with E-state index >= 15 is 0 Å². The van der Waals surface area contributed by atoms with Crippen LogP contribution in [-0.2, 0) is 80.3 Å². The van der Waals surface area contributed by atoms with Crippen LogP contribution in [0.3, 0.4) is 0 Å². The highest BCUT2D eigenvalue weighted by Crippen LogP contribution is 2.54. The molecule has 0 radical (unpaired) electrons. The van der Waals surface area contributed by atoms with Crippen LogP contribution in [0.1, 0.15) is 32.0 Å². The minimum atomic E-state index is -5.87. The van der Waals surface area contributed by atoms with Gasteiger partial charge in [0.15, 0.2) is 35.2 Å². The van der Waals surface area contributed by atoms with Gasteiger partial charge in [-0.2, -0.15) is 4.98 Å². The number of fused-ring (bicyclic) bond motifs is 3. The van der Waals surface area contributed by atoms with Crippen LogP contribution in [0.4, 0.5) is 17.7 Å². The highest BCUT2D eigenvalue weighted by molar-refractivity contribution is 7.48. The minimum Gasteiger partial charge on any atom is -0.387 e. The van der Waals surface area contributed by atoms with Crippen molar-refractivity contribution in [2.45, 2.75) is 93.1 Å². The molecular formula is C37H55N15O29P5+. The third-order valence-corrected chi connectivity index (χ3v) is 17.3. The fourth-order valence-electron chi connectivity index (χ4n) is 9.48. The molecule has 6 aromatic heterocycles. The minimum absolute atomic E-state index is 0.00255. The Bertz CT molecular complexity index is 3840. The van der Waals surface area contributed by atoms with Gasteiger partial charge in [-0.3, -0.25) is 69.4 Å². The number of anilines is 3. The average Bonchev–Trinajstić information content (AvgIpc) is 3.14. The number of aromatic nitrogens is 12. The fraction of sp³-hybridized carbons (Fsp3) is 0.595. The van der Waals surface area contributed by atoms with Gasteiger partial charge in [-0.15, -0.1) is 0 Å². The zero-order valence-electron chi connectivity index (χ0n) is 43.8. The Morgan fingerprint density at radius 3 is 1.77 bits per heavy atom. The van der Waals surface area contributed by atoms with E-state index in [0.717, 1.165) is 21.8 Å². The number of ether oxygens (including phenoxy) is 3. The van der Waals surface area contributed by atoms with Crippen LogP contribution in [0, 0.1) is 5.92 Å². The second kappa shape index (κ2) is 25.1. The van der Waals surface area contributed by atoms with Gasteiger partial charge in [0.05, 0.1) is 52.7 Å². The summed E-state index contributed by atoms with van der Waals surface area (Å²) in [5, 5.41) is 43.5. The molecule has 6 aromatic rings. The van der Waals surface area contributed by atoms with Crippen molar-refractivity contribution in [2.24, 2.45) is 13.0 Å². The largest absolute Gasteiger partial charge is 0.472 e. The number of nitrogens with two attached hydrogens (primary N) is 3. The van der Waals surface area contributed by atoms with Crippen molar-refractivity contribution in [3.05, 3.63) is 46.0 Å². The molecule has 3 fully saturated rings. The van der Waals surface area contributed by atoms with Crippen molar-refractivity contribution in [1.82, 2.24) is 53.6 Å². The van der Waals surface area contributed by atoms with Crippen LogP contribution in [-0.4, -0.2) is 202 Å². The molecule has 3 saturated heterocycles. The van der Waals surface area contributed by atoms with Crippen LogP contribution in [0.2, 0.25) is 0 Å². The number of phosphoric ester groups is 5. The van der Waals surface area contributed by atoms with Crippen molar-refractivity contribution >= 4 is 90.3 Å². The van der Waals surface area contributed by atoms with Gasteiger partial charge in [-0.05, 0) is 6.42 Å². The SMILES string of the molecule is CC[C@@H]1[C@H](OP(=O)(O)OC[C@H]2O[C@@H](n3cnc4c(=O)[nH]c(N)nc43)[C@H](O)[C@@H]2O)[C@@H](COP(=O)(O)OCC(OP(=O)(O)O)C(COP(=O)(O)OC[C@H]2O[C@@H]([n+]3cn(C)c4c(=O)[nH]c(N)nc43)[C@H](O)[C@@H]2O)OP(=O)(O)O)O[C@H]1n1cnc2c(N)ncnc21. The molecule has 5 unspecified atom stereocenters. The number of aliphatic hydroxyl groups is 4. The van der Waals surface area contributed by atoms with E-state index in [-0.39, 0.29) is 57.6 Å². The Labute approximate surface area is 477 Å². The highest BCUT2D eigenvalue weighted by atomic mass is 31.2. The lowest BCUT2D eigenvalue weighted by Crippen LogP contribution is -2.46. The normalized spacial score (nSPS) is 28.5. The Kier molecular flexibility index (Phi) is 19.1. The highest BCUT2D eigenvalue weighted by Gasteiger charge is 2.52. The number of aromatic amines is 2. The van der Waals surface area contributed by atoms with Crippen molar-refractivity contribution in [3.8, 4) is 0 Å². The monoisotopic (exact) mass is 1330 g/mol. The van der Waals surface area contributed by atoms with E-state index < -0.39 is 169 Å². The smallest absolute Gasteiger partial charge is 0.387 e. The summed E-state index contributed by atoms with van der Waals surface area (Å²) >= 11 is 0. The van der Waals surface area contributed by atoms with Crippen LogP contribution < -0.4 is 32.9 Å². The molecule has 86 heavy (non-hydrogen) atoms. The summed E-state index contributed by atoms with van der Waals surface area (Å²) < 4.78 is 127. The zero-order valence-corrected chi connectivity index (χ0v) is 48.3. The number of hydrogen-bond donors (Lipinski definition) is 16. The van der Waals surface area contributed by atoms with Crippen molar-refractivity contribution < 1.29 is 132 Å². The molecule has 3 aliphatic rings. The number of rotatable bonds is 26. The number of nitrogen functional groups attached to an aromatic ring is 3. The standard InChI is InChI=1S/C37H54N15O29P5/c1-3-13-26(81-86(69,70)75-7-17-22(53)24(55)34(76-17)51-11-44-20-29(51)45-36(39)47-31(20)57)18(78-33(13)50-10-43-19-27(38)41-9-42-28(19)50)8-74-85(67,68)72-5-15(80-83(62,63)64)14(79-82(59,60)61)4-71-84(65,66)73-6-16-23(54)25(56)35(77-16)52-12-49(2)21-30(52)46-37(40)48-32(21)58/h9-18,22-26,33-35,53-56H,3-8H2,1-2H3,(H14-,38,39,40,41,42,45,46,47,48,57,58,59,60,61,62,63,64,65,66,67,68,69,70)/p+1/t13-,14?,15?,16-,17-,18-,22-,23-,24-,25-,26+,33-,34-,35-/m1/s1. The number of nitrogens with zero attached hydrogens (tertiary/aromatic N) is 10. The van der Waals surface area contributed by atoms with E-state index in [1.54, 1.807) is 6.92 Å². The summed E-state index contributed by atoms with van der Waals surface area (Å²) in [5.74, 6) is -1.81. The molecule has 0 aromatic carbocycles. The van der Waals surface area contributed by atoms with E-state index in [1.165, 1.54) is 28.8 Å². The van der Waals surface area contributed by atoms with Crippen molar-refractivity contribution in [2.75, 3.05) is 50.2 Å². The van der Waals surface area contributed by atoms with E-state index in [2.05, 4.69) is 48.9 Å². The van der Waals surface area contributed by atoms with Crippen LogP contribution in [0.5, 0.6) is 0 Å². The Morgan fingerprint density at radius 2 is 1.16 bits per heavy atom. The maximum absolute atomic E-state index is 13.9. The zero-order chi connectivity index (χ0) is 62.7. The molecule has 0 saturated carbocycles. The lowest BCUT2D eigenvalue weighted by molar-refractivity contribution is -0.745. The summed E-state index contributed by atoms with van der Waals surface area (Å²) in [6.07, 6.45) is -19.0. The molecule has 0 spiro atoms. The van der Waals surface area contributed by atoms with Gasteiger partial charge in [0.2, 0.25) is 17.7 Å². The molecule has 476 valence electrons. The second-order valence-electron chi connectivity index (χ2n) is 19.1. The first-order valence-corrected chi connectivity index (χ1v) is 32.2. The quantitative estimate of drug-likeness (QED) is 0.0179. The molecule has 17 atom stereocenters. The molecular weight excluding hydrogens is 1270 g/mol. The molecule has 49 heteroatoms. The number of aliphatic hydroxyl groups excluding tert-OH is 4. The second-order valence-corrected chi connectivity index (χ2v) is 25.8. The maximum Gasteiger partial charge on any atom is 0.472 e. The molecule has 9 rings (SSSR count). The lowest BCUT2D eigenvalue weighted by atomic mass is 9.97. The average molecular weight is 1330 g/mol. The van der Waals surface area contributed by atoms with E-state index in [0.29, 0.717) is 0 Å². The van der Waals surface area contributed by atoms with Gasteiger partial charge >= 0.3 is 44.8 Å². The Morgan fingerprint density at radius 1 is 0.640 bits per heavy atom. The molecule has 0 aliphatic carbocycles. The van der Waals surface area contributed by atoms with Crippen LogP contribution in [0.15, 0.2) is 34.9 Å². The summed E-state index contributed by atoms with van der Waals surface area (Å²) in [6, 6.07) is 0. The van der Waals surface area contributed by atoms with Crippen LogP contribution in [0.25, 0.3) is 33.5 Å². The number of hydrogen-bond acceptors (Lipinski definition) is 31. The van der Waals surface area contributed by atoms with Crippen molar-refractivity contribution in [1.29, 1.82) is 0 Å². The van der Waals surface area contributed by atoms with Gasteiger partial charge in [0.1, 0.15) is 79.1 Å². The first-order chi connectivity index (χ1) is 40.1. The first kappa shape index (κ1) is 65.4. The molecule has 0 amide bonds. The third-order valence-electron chi connectivity index (χ3n) is 13.3. The molecule has 3 aliphatic heterocycles. The number of H-pyrrole nitrogens is 2. The topological polar surface area (TPSA) is 649 Å². The van der Waals surface area contributed by atoms with Gasteiger partial charge < -0.3 is 86.1 Å². The summed E-state index contributed by atoms with van der Waals surface area (Å²) in [4.78, 5) is 125. The first-order valence-electron chi connectivity index (χ1n) is 24.6. The van der Waals surface area contributed by atoms with Crippen molar-refractivity contribution in [3.63, 3.8) is 0 Å². The van der Waals surface area contributed by atoms with Gasteiger partial charge in [-0.25, -0.2) is 47.3 Å². The molecule has 44 nitrogen and oxygen atoms in total. The summed E-state index contributed by atoms with van der Waals surface area (Å²) in [6.45, 7) is -4.93. The molecule has 19 N–H and O–H groups in total. The van der Waals surface area contributed by atoms with E-state index in [9.17, 15) is 87.1 Å². The maximum atomic E-state index is 13.9. The lowest BCUT2D eigenvalue weighted by Gasteiger charge is -2.28. The number of nitrogens with one attached hydrogen (secondary N) is 2. The molecule has 9 heterocycles. The predicted molar refractivity (Wildman–Crippen MR) is 276 cm³/mol. The number of phosphoric acid groups is 5. The summed E-state index contributed by atoms with van der Waals surface area (Å²) in [7, 11) is -27.0. The fourth-order valence-corrected chi connectivity index (χ4v) is 13.1. The van der Waals surface area contributed by atoms with Gasteiger partial charge in [0.25, 0.3) is 17.1 Å². The van der Waals surface area contributed by atoms with E-state index in [1.807, 2.05) is 0 Å². The Balaban J connectivity index is 0.875. The Hall–Kier alpha value is -5.08. The van der Waals surface area contributed by atoms with Crippen LogP contribution >= 0.6 is 39.1 Å². The van der Waals surface area contributed by atoms with Gasteiger partial charge in [0, 0.05) is 5.92 Å². The van der Waals surface area contributed by atoms with Gasteiger partial charge in [-0.1, -0.05) is 11.9 Å². The predicted octanol–water partition coefficient (Wildman–Crippen LogP) is -4.84. The number of aryl methyl sites for hydroxylation is 1. The number of imidazole rings is 3. The van der Waals surface area contributed by atoms with E-state index in [4.69, 9.17) is 58.6 Å².